The number of anilines is 3. The van der Waals surface area contributed by atoms with Crippen molar-refractivity contribution >= 4 is 23.2 Å². The van der Waals surface area contributed by atoms with Crippen LogP contribution in [0.15, 0.2) is 48.8 Å². The standard InChI is InChI=1S/C24H24F4N6O/c1-33-8-7-17(13-33)34(2)21-6-4-16(24(26,27)28)10-20(21)32-22(35)18-9-14(3-5-19(18)25)15-11-30-23(29)31-12-15/h3-6,9-12,17H,7-8,13H2,1-2H3,(H,32,35)(H2,29,30,31)/t17-/m1/s1. The first-order valence-electron chi connectivity index (χ1n) is 10.8. The van der Waals surface area contributed by atoms with Gasteiger partial charge < -0.3 is 20.9 Å². The fraction of sp³-hybridized carbons (Fsp3) is 0.292. The Bertz CT molecular complexity index is 1230. The lowest BCUT2D eigenvalue weighted by Gasteiger charge is -2.29. The minimum absolute atomic E-state index is 0.0532. The van der Waals surface area contributed by atoms with Gasteiger partial charge in [-0.15, -0.1) is 0 Å². The van der Waals surface area contributed by atoms with Gasteiger partial charge in [0.2, 0.25) is 5.95 Å². The van der Waals surface area contributed by atoms with Gasteiger partial charge in [-0.25, -0.2) is 14.4 Å². The van der Waals surface area contributed by atoms with Crippen molar-refractivity contribution < 1.29 is 22.4 Å². The number of likely N-dealkylation sites (tertiary alicyclic amines) is 1. The van der Waals surface area contributed by atoms with E-state index >= 15 is 0 Å². The third-order valence-corrected chi connectivity index (χ3v) is 6.08. The molecule has 0 spiro atoms. The molecule has 1 amide bonds. The number of halogens is 4. The van der Waals surface area contributed by atoms with E-state index in [1.54, 1.807) is 7.05 Å². The second-order valence-electron chi connectivity index (χ2n) is 8.52. The number of nitrogen functional groups attached to an aromatic ring is 1. The highest BCUT2D eigenvalue weighted by Gasteiger charge is 2.33. The molecule has 0 radical (unpaired) electrons. The molecule has 0 unspecified atom stereocenters. The molecule has 1 saturated heterocycles. The number of aromatic nitrogens is 2. The number of carbonyl (C=O) groups excluding carboxylic acids is 1. The van der Waals surface area contributed by atoms with Crippen LogP contribution in [0.2, 0.25) is 0 Å². The first-order valence-corrected chi connectivity index (χ1v) is 10.8. The fourth-order valence-corrected chi connectivity index (χ4v) is 4.10. The Hall–Kier alpha value is -3.73. The van der Waals surface area contributed by atoms with Crippen LogP contribution in [-0.2, 0) is 6.18 Å². The van der Waals surface area contributed by atoms with Crippen LogP contribution in [0, 0.1) is 5.82 Å². The molecule has 3 aromatic rings. The predicted octanol–water partition coefficient (Wildman–Crippen LogP) is 4.28. The van der Waals surface area contributed by atoms with Crippen molar-refractivity contribution in [3.05, 3.63) is 65.7 Å². The number of rotatable bonds is 5. The van der Waals surface area contributed by atoms with Gasteiger partial charge in [0.1, 0.15) is 5.82 Å². The molecule has 35 heavy (non-hydrogen) atoms. The summed E-state index contributed by atoms with van der Waals surface area (Å²) in [6.45, 7) is 1.58. The Balaban J connectivity index is 1.68. The van der Waals surface area contributed by atoms with Gasteiger partial charge in [-0.05, 0) is 55.9 Å². The van der Waals surface area contributed by atoms with Crippen molar-refractivity contribution in [2.24, 2.45) is 0 Å². The van der Waals surface area contributed by atoms with Gasteiger partial charge in [-0.2, -0.15) is 13.2 Å². The average molecular weight is 488 g/mol. The van der Waals surface area contributed by atoms with Gasteiger partial charge >= 0.3 is 6.18 Å². The maximum Gasteiger partial charge on any atom is 0.416 e. The molecule has 0 saturated carbocycles. The highest BCUT2D eigenvalue weighted by Crippen LogP contribution is 2.37. The van der Waals surface area contributed by atoms with E-state index in [9.17, 15) is 22.4 Å². The third kappa shape index (κ3) is 5.35. The van der Waals surface area contributed by atoms with Gasteiger partial charge in [0, 0.05) is 37.6 Å². The predicted molar refractivity (Wildman–Crippen MR) is 126 cm³/mol. The van der Waals surface area contributed by atoms with E-state index < -0.39 is 23.5 Å². The summed E-state index contributed by atoms with van der Waals surface area (Å²) in [5.74, 6) is -1.64. The first kappa shape index (κ1) is 24.4. The van der Waals surface area contributed by atoms with Crippen molar-refractivity contribution in [3.8, 4) is 11.1 Å². The van der Waals surface area contributed by atoms with E-state index in [0.717, 1.165) is 37.7 Å². The number of nitrogens with one attached hydrogen (secondary N) is 1. The molecule has 11 heteroatoms. The molecule has 0 aliphatic carbocycles. The first-order chi connectivity index (χ1) is 16.5. The van der Waals surface area contributed by atoms with E-state index in [-0.39, 0.29) is 23.2 Å². The summed E-state index contributed by atoms with van der Waals surface area (Å²) >= 11 is 0. The monoisotopic (exact) mass is 488 g/mol. The van der Waals surface area contributed by atoms with Gasteiger partial charge in [0.15, 0.2) is 0 Å². The summed E-state index contributed by atoms with van der Waals surface area (Å²) in [5, 5.41) is 2.50. The molecule has 2 aromatic carbocycles. The quantitative estimate of drug-likeness (QED) is 0.522. The maximum atomic E-state index is 14.6. The van der Waals surface area contributed by atoms with Crippen molar-refractivity contribution in [2.45, 2.75) is 18.6 Å². The lowest BCUT2D eigenvalue weighted by Crippen LogP contribution is -2.34. The largest absolute Gasteiger partial charge is 0.416 e. The molecule has 0 bridgehead atoms. The Morgan fingerprint density at radius 1 is 1.14 bits per heavy atom. The molecule has 1 aliphatic heterocycles. The lowest BCUT2D eigenvalue weighted by molar-refractivity contribution is -0.137. The summed E-state index contributed by atoms with van der Waals surface area (Å²) in [6.07, 6.45) is -0.933. The molecule has 184 valence electrons. The van der Waals surface area contributed by atoms with Crippen LogP contribution in [0.5, 0.6) is 0 Å². The van der Waals surface area contributed by atoms with Gasteiger partial charge in [-0.1, -0.05) is 6.07 Å². The normalized spacial score (nSPS) is 16.3. The molecule has 7 nitrogen and oxygen atoms in total. The van der Waals surface area contributed by atoms with Crippen LogP contribution in [0.25, 0.3) is 11.1 Å². The molecule has 4 rings (SSSR count). The van der Waals surface area contributed by atoms with Crippen LogP contribution in [0.3, 0.4) is 0 Å². The van der Waals surface area contributed by atoms with Gasteiger partial charge in [0.05, 0.1) is 22.5 Å². The molecule has 1 atom stereocenters. The number of alkyl halides is 3. The van der Waals surface area contributed by atoms with E-state index in [2.05, 4.69) is 20.2 Å². The van der Waals surface area contributed by atoms with E-state index in [1.807, 2.05) is 11.9 Å². The smallest absolute Gasteiger partial charge is 0.369 e. The topological polar surface area (TPSA) is 87.4 Å². The third-order valence-electron chi connectivity index (χ3n) is 6.08. The zero-order valence-electron chi connectivity index (χ0n) is 19.1. The summed E-state index contributed by atoms with van der Waals surface area (Å²) in [7, 11) is 3.73. The van der Waals surface area contributed by atoms with E-state index in [0.29, 0.717) is 16.8 Å². The Morgan fingerprint density at radius 3 is 2.49 bits per heavy atom. The second kappa shape index (κ2) is 9.49. The van der Waals surface area contributed by atoms with Crippen molar-refractivity contribution in [1.82, 2.24) is 14.9 Å². The number of nitrogens with two attached hydrogens (primary N) is 1. The highest BCUT2D eigenvalue weighted by molar-refractivity contribution is 6.06. The molecular formula is C24H24F4N6O. The molecular weight excluding hydrogens is 464 g/mol. The van der Waals surface area contributed by atoms with Crippen molar-refractivity contribution in [1.29, 1.82) is 0 Å². The Kier molecular flexibility index (Phi) is 6.62. The van der Waals surface area contributed by atoms with Crippen molar-refractivity contribution in [2.75, 3.05) is 43.1 Å². The van der Waals surface area contributed by atoms with Crippen LogP contribution in [0.1, 0.15) is 22.3 Å². The van der Waals surface area contributed by atoms with Crippen LogP contribution >= 0.6 is 0 Å². The number of hydrogen-bond donors (Lipinski definition) is 2. The Morgan fingerprint density at radius 2 is 1.86 bits per heavy atom. The van der Waals surface area contributed by atoms with Crippen LogP contribution < -0.4 is 16.0 Å². The maximum absolute atomic E-state index is 14.6. The van der Waals surface area contributed by atoms with Crippen LogP contribution in [-0.4, -0.2) is 54.0 Å². The zero-order chi connectivity index (χ0) is 25.3. The molecule has 3 N–H and O–H groups in total. The minimum atomic E-state index is -4.61. The van der Waals surface area contributed by atoms with E-state index in [1.165, 1.54) is 30.6 Å². The number of likely N-dealkylation sites (N-methyl/N-ethyl adjacent to an activating group) is 2. The minimum Gasteiger partial charge on any atom is -0.369 e. The lowest BCUT2D eigenvalue weighted by atomic mass is 10.0. The molecule has 1 aromatic heterocycles. The van der Waals surface area contributed by atoms with Gasteiger partial charge in [-0.3, -0.25) is 4.79 Å². The Labute approximate surface area is 199 Å². The zero-order valence-corrected chi connectivity index (χ0v) is 19.1. The van der Waals surface area contributed by atoms with Crippen LogP contribution in [0.4, 0.5) is 34.9 Å². The average Bonchev–Trinajstić information content (AvgIpc) is 3.25. The number of nitrogens with zero attached hydrogens (tertiary/aromatic N) is 4. The molecule has 2 heterocycles. The summed E-state index contributed by atoms with van der Waals surface area (Å²) < 4.78 is 54.9. The molecule has 1 fully saturated rings. The summed E-state index contributed by atoms with van der Waals surface area (Å²) in [5.41, 5.74) is 5.56. The van der Waals surface area contributed by atoms with Crippen molar-refractivity contribution in [3.63, 3.8) is 0 Å². The van der Waals surface area contributed by atoms with Gasteiger partial charge in [0.25, 0.3) is 5.91 Å². The number of amides is 1. The molecule has 1 aliphatic rings. The number of benzene rings is 2. The number of hydrogen-bond acceptors (Lipinski definition) is 6. The highest BCUT2D eigenvalue weighted by atomic mass is 19.4. The second-order valence-corrected chi connectivity index (χ2v) is 8.52. The fourth-order valence-electron chi connectivity index (χ4n) is 4.10. The summed E-state index contributed by atoms with van der Waals surface area (Å²) in [4.78, 5) is 24.8. The van der Waals surface area contributed by atoms with E-state index in [4.69, 9.17) is 5.73 Å². The SMILES string of the molecule is CN1CC[C@@H](N(C)c2ccc(C(F)(F)F)cc2NC(=O)c2cc(-c3cnc(N)nc3)ccc2F)C1. The summed E-state index contributed by atoms with van der Waals surface area (Å²) in [6, 6.07) is 7.07. The number of carbonyl (C=O) groups is 1.